The van der Waals surface area contributed by atoms with Gasteiger partial charge in [-0.1, -0.05) is 32.4 Å². The van der Waals surface area contributed by atoms with E-state index in [2.05, 4.69) is 15.5 Å². The van der Waals surface area contributed by atoms with Gasteiger partial charge in [-0.15, -0.1) is 10.2 Å². The predicted molar refractivity (Wildman–Crippen MR) is 74.6 cm³/mol. The molecule has 0 fully saturated rings. The van der Waals surface area contributed by atoms with E-state index in [0.717, 1.165) is 0 Å². The Morgan fingerprint density at radius 1 is 1.35 bits per heavy atom. The van der Waals surface area contributed by atoms with Crippen LogP contribution >= 0.6 is 11.6 Å². The number of amides is 1. The third-order valence-electron chi connectivity index (χ3n) is 2.58. The maximum absolute atomic E-state index is 11.8. The number of carbonyl (C=O) groups is 2. The molecule has 1 rings (SSSR count). The quantitative estimate of drug-likeness (QED) is 0.867. The Kier molecular flexibility index (Phi) is 5.44. The first-order chi connectivity index (χ1) is 9.19. The number of aliphatic carboxylic acids is 1. The molecule has 2 N–H and O–H groups in total. The van der Waals surface area contributed by atoms with E-state index in [1.807, 2.05) is 20.8 Å². The van der Waals surface area contributed by atoms with E-state index in [1.165, 1.54) is 12.1 Å². The van der Waals surface area contributed by atoms with Crippen molar-refractivity contribution < 1.29 is 14.7 Å². The van der Waals surface area contributed by atoms with Crippen LogP contribution in [0.4, 0.5) is 0 Å². The van der Waals surface area contributed by atoms with E-state index in [1.54, 1.807) is 0 Å². The molecule has 1 heterocycles. The monoisotopic (exact) mass is 299 g/mol. The van der Waals surface area contributed by atoms with Gasteiger partial charge in [-0.25, -0.2) is 0 Å². The van der Waals surface area contributed by atoms with Crippen LogP contribution in [0, 0.1) is 11.3 Å². The Morgan fingerprint density at radius 3 is 2.45 bits per heavy atom. The van der Waals surface area contributed by atoms with E-state index in [-0.39, 0.29) is 22.8 Å². The van der Waals surface area contributed by atoms with Gasteiger partial charge in [0.15, 0.2) is 10.8 Å². The third kappa shape index (κ3) is 5.52. The lowest BCUT2D eigenvalue weighted by Gasteiger charge is -2.23. The number of nitrogens with one attached hydrogen (secondary N) is 1. The Morgan fingerprint density at radius 2 is 2.00 bits per heavy atom. The van der Waals surface area contributed by atoms with Gasteiger partial charge in [0.05, 0.1) is 5.92 Å². The fourth-order valence-corrected chi connectivity index (χ4v) is 1.83. The van der Waals surface area contributed by atoms with Crippen LogP contribution in [0.15, 0.2) is 12.1 Å². The molecule has 1 amide bonds. The molecular weight excluding hydrogens is 282 g/mol. The molecule has 0 aromatic carbocycles. The number of carbonyl (C=O) groups excluding carboxylic acids is 1. The number of hydrogen-bond acceptors (Lipinski definition) is 4. The molecule has 0 saturated carbocycles. The van der Waals surface area contributed by atoms with Gasteiger partial charge in [0.1, 0.15) is 0 Å². The van der Waals surface area contributed by atoms with Crippen molar-refractivity contribution in [2.24, 2.45) is 11.3 Å². The van der Waals surface area contributed by atoms with Crippen LogP contribution < -0.4 is 5.32 Å². The lowest BCUT2D eigenvalue weighted by molar-refractivity contribution is -0.142. The summed E-state index contributed by atoms with van der Waals surface area (Å²) < 4.78 is 0. The minimum Gasteiger partial charge on any atom is -0.481 e. The summed E-state index contributed by atoms with van der Waals surface area (Å²) in [5, 5.41) is 19.1. The number of carboxylic acids is 1. The van der Waals surface area contributed by atoms with Gasteiger partial charge in [-0.3, -0.25) is 9.59 Å². The molecule has 1 atom stereocenters. The Bertz CT molecular complexity index is 483. The van der Waals surface area contributed by atoms with Crippen LogP contribution in [0.1, 0.15) is 37.7 Å². The van der Waals surface area contributed by atoms with Crippen LogP contribution in [0.3, 0.4) is 0 Å². The van der Waals surface area contributed by atoms with Crippen molar-refractivity contribution in [2.45, 2.75) is 27.2 Å². The molecule has 0 radical (unpaired) electrons. The summed E-state index contributed by atoms with van der Waals surface area (Å²) in [5.74, 6) is -2.03. The van der Waals surface area contributed by atoms with Gasteiger partial charge in [0.2, 0.25) is 0 Å². The first-order valence-corrected chi connectivity index (χ1v) is 6.57. The summed E-state index contributed by atoms with van der Waals surface area (Å²) in [5.41, 5.74) is -0.0253. The van der Waals surface area contributed by atoms with Crippen LogP contribution in [0.2, 0.25) is 5.15 Å². The van der Waals surface area contributed by atoms with Crippen molar-refractivity contribution in [3.63, 3.8) is 0 Å². The zero-order chi connectivity index (χ0) is 15.3. The summed E-state index contributed by atoms with van der Waals surface area (Å²) in [6.07, 6.45) is 0.467. The lowest BCUT2D eigenvalue weighted by atomic mass is 9.84. The van der Waals surface area contributed by atoms with E-state index in [0.29, 0.717) is 6.42 Å². The molecule has 0 aliphatic carbocycles. The molecule has 1 unspecified atom stereocenters. The van der Waals surface area contributed by atoms with E-state index < -0.39 is 17.8 Å². The summed E-state index contributed by atoms with van der Waals surface area (Å²) in [6, 6.07) is 2.89. The predicted octanol–water partition coefficient (Wildman–Crippen LogP) is 2.00. The molecule has 0 aliphatic heterocycles. The smallest absolute Gasteiger partial charge is 0.308 e. The minimum atomic E-state index is -0.928. The van der Waals surface area contributed by atoms with Crippen molar-refractivity contribution in [3.05, 3.63) is 23.0 Å². The van der Waals surface area contributed by atoms with Gasteiger partial charge < -0.3 is 10.4 Å². The van der Waals surface area contributed by atoms with Crippen molar-refractivity contribution in [1.29, 1.82) is 0 Å². The average molecular weight is 300 g/mol. The second-order valence-electron chi connectivity index (χ2n) is 5.75. The normalized spacial score (nSPS) is 12.8. The molecule has 1 aromatic rings. The molecule has 0 bridgehead atoms. The largest absolute Gasteiger partial charge is 0.481 e. The Labute approximate surface area is 122 Å². The van der Waals surface area contributed by atoms with Crippen molar-refractivity contribution in [3.8, 4) is 0 Å². The number of carboxylic acid groups (broad SMARTS) is 1. The van der Waals surface area contributed by atoms with Crippen LogP contribution in [-0.4, -0.2) is 33.7 Å². The summed E-state index contributed by atoms with van der Waals surface area (Å²) in [4.78, 5) is 23.0. The lowest BCUT2D eigenvalue weighted by Crippen LogP contribution is -2.35. The molecule has 0 aliphatic rings. The number of hydrogen-bond donors (Lipinski definition) is 2. The first-order valence-electron chi connectivity index (χ1n) is 6.19. The van der Waals surface area contributed by atoms with Crippen molar-refractivity contribution in [2.75, 3.05) is 6.54 Å². The number of nitrogens with zero attached hydrogens (tertiary/aromatic N) is 2. The molecular formula is C13H18ClN3O3. The maximum atomic E-state index is 11.8. The highest BCUT2D eigenvalue weighted by atomic mass is 35.5. The summed E-state index contributed by atoms with van der Waals surface area (Å²) in [7, 11) is 0. The first kappa shape index (κ1) is 16.4. The zero-order valence-electron chi connectivity index (χ0n) is 11.7. The van der Waals surface area contributed by atoms with Crippen LogP contribution in [0.5, 0.6) is 0 Å². The molecule has 110 valence electrons. The molecule has 7 heteroatoms. The SMILES string of the molecule is CC(C)(C)CC(CNC(=O)c1ccc(Cl)nn1)C(=O)O. The van der Waals surface area contributed by atoms with Gasteiger partial charge >= 0.3 is 5.97 Å². The highest BCUT2D eigenvalue weighted by Gasteiger charge is 2.25. The number of halogens is 1. The minimum absolute atomic E-state index is 0.0513. The van der Waals surface area contributed by atoms with Crippen LogP contribution in [0.25, 0.3) is 0 Å². The maximum Gasteiger partial charge on any atom is 0.308 e. The topological polar surface area (TPSA) is 92.2 Å². The Balaban J connectivity index is 2.61. The Hall–Kier alpha value is -1.69. The van der Waals surface area contributed by atoms with Gasteiger partial charge in [-0.05, 0) is 24.0 Å². The number of aromatic nitrogens is 2. The fraction of sp³-hybridized carbons (Fsp3) is 0.538. The number of rotatable bonds is 5. The molecule has 20 heavy (non-hydrogen) atoms. The van der Waals surface area contributed by atoms with Gasteiger partial charge in [-0.2, -0.15) is 0 Å². The molecule has 0 saturated heterocycles. The molecule has 6 nitrogen and oxygen atoms in total. The van der Waals surface area contributed by atoms with Crippen molar-refractivity contribution >= 4 is 23.5 Å². The fourth-order valence-electron chi connectivity index (χ4n) is 1.73. The van der Waals surface area contributed by atoms with Crippen LogP contribution in [-0.2, 0) is 4.79 Å². The molecule has 0 spiro atoms. The highest BCUT2D eigenvalue weighted by Crippen LogP contribution is 2.24. The second kappa shape index (κ2) is 6.65. The van der Waals surface area contributed by atoms with Crippen molar-refractivity contribution in [1.82, 2.24) is 15.5 Å². The third-order valence-corrected chi connectivity index (χ3v) is 2.78. The zero-order valence-corrected chi connectivity index (χ0v) is 12.4. The standard InChI is InChI=1S/C13H18ClN3O3/c1-13(2,3)6-8(12(19)20)7-15-11(18)9-4-5-10(14)17-16-9/h4-5,8H,6-7H2,1-3H3,(H,15,18)(H,19,20). The average Bonchev–Trinajstić information content (AvgIpc) is 2.33. The highest BCUT2D eigenvalue weighted by molar-refractivity contribution is 6.29. The van der Waals surface area contributed by atoms with E-state index >= 15 is 0 Å². The molecule has 1 aromatic heterocycles. The van der Waals surface area contributed by atoms with Gasteiger partial charge in [0, 0.05) is 6.54 Å². The van der Waals surface area contributed by atoms with E-state index in [9.17, 15) is 9.59 Å². The van der Waals surface area contributed by atoms with E-state index in [4.69, 9.17) is 16.7 Å². The summed E-state index contributed by atoms with van der Waals surface area (Å²) >= 11 is 5.58. The summed E-state index contributed by atoms with van der Waals surface area (Å²) in [6.45, 7) is 5.91. The second-order valence-corrected chi connectivity index (χ2v) is 6.14. The van der Waals surface area contributed by atoms with Gasteiger partial charge in [0.25, 0.3) is 5.91 Å².